The van der Waals surface area contributed by atoms with Gasteiger partial charge < -0.3 is 15.0 Å². The summed E-state index contributed by atoms with van der Waals surface area (Å²) in [7, 11) is 0. The van der Waals surface area contributed by atoms with Gasteiger partial charge in [0.1, 0.15) is 5.69 Å². The standard InChI is InChI=1S/C11H14N2O3/c14-10(12-8-3-4-8)5-7-13-6-1-2-9(13)11(15)16/h1-2,6,8H,3-5,7H2,(H,12,14)(H,15,16). The van der Waals surface area contributed by atoms with Gasteiger partial charge >= 0.3 is 5.97 Å². The highest BCUT2D eigenvalue weighted by atomic mass is 16.4. The van der Waals surface area contributed by atoms with Crippen LogP contribution in [0.1, 0.15) is 29.8 Å². The van der Waals surface area contributed by atoms with Crippen molar-refractivity contribution in [3.05, 3.63) is 24.0 Å². The van der Waals surface area contributed by atoms with Gasteiger partial charge in [-0.3, -0.25) is 4.79 Å². The zero-order chi connectivity index (χ0) is 11.5. The van der Waals surface area contributed by atoms with Gasteiger partial charge in [-0.25, -0.2) is 4.79 Å². The van der Waals surface area contributed by atoms with Gasteiger partial charge in [-0.15, -0.1) is 0 Å². The molecule has 1 aliphatic carbocycles. The molecule has 5 nitrogen and oxygen atoms in total. The fourth-order valence-corrected chi connectivity index (χ4v) is 1.55. The van der Waals surface area contributed by atoms with Crippen LogP contribution in [0.15, 0.2) is 18.3 Å². The topological polar surface area (TPSA) is 71.3 Å². The number of nitrogens with one attached hydrogen (secondary N) is 1. The number of hydrogen-bond acceptors (Lipinski definition) is 2. The van der Waals surface area contributed by atoms with Gasteiger partial charge in [-0.2, -0.15) is 0 Å². The zero-order valence-corrected chi connectivity index (χ0v) is 8.85. The van der Waals surface area contributed by atoms with Crippen molar-refractivity contribution in [3.8, 4) is 0 Å². The normalized spacial score (nSPS) is 14.8. The number of hydrogen-bond donors (Lipinski definition) is 2. The third-order valence-electron chi connectivity index (χ3n) is 2.57. The Morgan fingerprint density at radius 1 is 1.50 bits per heavy atom. The fourth-order valence-electron chi connectivity index (χ4n) is 1.55. The van der Waals surface area contributed by atoms with E-state index in [9.17, 15) is 9.59 Å². The summed E-state index contributed by atoms with van der Waals surface area (Å²) in [6.45, 7) is 0.410. The van der Waals surface area contributed by atoms with Crippen molar-refractivity contribution in [1.29, 1.82) is 0 Å². The summed E-state index contributed by atoms with van der Waals surface area (Å²) in [6.07, 6.45) is 4.13. The molecule has 0 radical (unpaired) electrons. The Bertz CT molecular complexity index is 407. The molecular formula is C11H14N2O3. The quantitative estimate of drug-likeness (QED) is 0.776. The van der Waals surface area contributed by atoms with Crippen LogP contribution < -0.4 is 5.32 Å². The van der Waals surface area contributed by atoms with E-state index in [2.05, 4.69) is 5.32 Å². The maximum atomic E-state index is 11.4. The first kappa shape index (κ1) is 10.7. The van der Waals surface area contributed by atoms with Crippen LogP contribution in [0, 0.1) is 0 Å². The van der Waals surface area contributed by atoms with Gasteiger partial charge in [0.25, 0.3) is 0 Å². The number of carbonyl (C=O) groups excluding carboxylic acids is 1. The number of aromatic nitrogens is 1. The van der Waals surface area contributed by atoms with Crippen LogP contribution in [0.5, 0.6) is 0 Å². The Hall–Kier alpha value is -1.78. The van der Waals surface area contributed by atoms with Gasteiger partial charge in [0.2, 0.25) is 5.91 Å². The van der Waals surface area contributed by atoms with E-state index in [4.69, 9.17) is 5.11 Å². The highest BCUT2D eigenvalue weighted by Crippen LogP contribution is 2.18. The molecule has 0 aliphatic heterocycles. The number of carboxylic acids is 1. The first-order valence-electron chi connectivity index (χ1n) is 5.34. The molecule has 1 fully saturated rings. The van der Waals surface area contributed by atoms with Crippen LogP contribution in [-0.2, 0) is 11.3 Å². The molecule has 0 saturated heterocycles. The Kier molecular flexibility index (Phi) is 2.94. The first-order chi connectivity index (χ1) is 7.66. The van der Waals surface area contributed by atoms with E-state index in [1.165, 1.54) is 6.07 Å². The van der Waals surface area contributed by atoms with E-state index in [0.29, 0.717) is 19.0 Å². The minimum Gasteiger partial charge on any atom is -0.477 e. The van der Waals surface area contributed by atoms with Crippen molar-refractivity contribution in [2.24, 2.45) is 0 Å². The molecule has 0 spiro atoms. The van der Waals surface area contributed by atoms with Crippen molar-refractivity contribution in [2.45, 2.75) is 31.8 Å². The van der Waals surface area contributed by atoms with E-state index in [0.717, 1.165) is 12.8 Å². The summed E-state index contributed by atoms with van der Waals surface area (Å²) < 4.78 is 1.58. The molecule has 0 atom stereocenters. The molecule has 1 saturated carbocycles. The van der Waals surface area contributed by atoms with E-state index >= 15 is 0 Å². The maximum Gasteiger partial charge on any atom is 0.352 e. The second-order valence-electron chi connectivity index (χ2n) is 3.98. The van der Waals surface area contributed by atoms with Crippen LogP contribution in [-0.4, -0.2) is 27.6 Å². The minimum atomic E-state index is -0.965. The van der Waals surface area contributed by atoms with Crippen molar-refractivity contribution < 1.29 is 14.7 Å². The Balaban J connectivity index is 1.85. The number of aryl methyl sites for hydroxylation is 1. The molecule has 0 bridgehead atoms. The molecule has 16 heavy (non-hydrogen) atoms. The first-order valence-corrected chi connectivity index (χ1v) is 5.34. The second kappa shape index (κ2) is 4.38. The second-order valence-corrected chi connectivity index (χ2v) is 3.98. The Morgan fingerprint density at radius 3 is 2.88 bits per heavy atom. The van der Waals surface area contributed by atoms with Crippen molar-refractivity contribution >= 4 is 11.9 Å². The Labute approximate surface area is 93.1 Å². The number of carboxylic acid groups (broad SMARTS) is 1. The predicted molar refractivity (Wildman–Crippen MR) is 57.2 cm³/mol. The minimum absolute atomic E-state index is 0.00691. The zero-order valence-electron chi connectivity index (χ0n) is 8.85. The van der Waals surface area contributed by atoms with Crippen molar-refractivity contribution in [2.75, 3.05) is 0 Å². The van der Waals surface area contributed by atoms with Crippen LogP contribution in [0.3, 0.4) is 0 Å². The summed E-state index contributed by atoms with van der Waals surface area (Å²) in [5.41, 5.74) is 0.222. The van der Waals surface area contributed by atoms with Crippen molar-refractivity contribution in [3.63, 3.8) is 0 Å². The molecule has 0 unspecified atom stereocenters. The summed E-state index contributed by atoms with van der Waals surface area (Å²) in [4.78, 5) is 22.2. The molecule has 1 aliphatic rings. The summed E-state index contributed by atoms with van der Waals surface area (Å²) >= 11 is 0. The summed E-state index contributed by atoms with van der Waals surface area (Å²) in [5, 5.41) is 11.7. The summed E-state index contributed by atoms with van der Waals surface area (Å²) in [5.74, 6) is -0.972. The molecule has 1 aromatic heterocycles. The lowest BCUT2D eigenvalue weighted by Gasteiger charge is -2.06. The van der Waals surface area contributed by atoms with E-state index < -0.39 is 5.97 Å². The molecule has 1 aromatic rings. The third-order valence-corrected chi connectivity index (χ3v) is 2.57. The van der Waals surface area contributed by atoms with E-state index in [1.54, 1.807) is 16.8 Å². The SMILES string of the molecule is O=C(CCn1cccc1C(=O)O)NC1CC1. The van der Waals surface area contributed by atoms with Gasteiger partial charge in [0.05, 0.1) is 0 Å². The molecular weight excluding hydrogens is 208 g/mol. The van der Waals surface area contributed by atoms with Crippen LogP contribution in [0.25, 0.3) is 0 Å². The van der Waals surface area contributed by atoms with Gasteiger partial charge in [-0.05, 0) is 25.0 Å². The molecule has 5 heteroatoms. The fraction of sp³-hybridized carbons (Fsp3) is 0.455. The molecule has 86 valence electrons. The van der Waals surface area contributed by atoms with Crippen LogP contribution in [0.4, 0.5) is 0 Å². The molecule has 1 amide bonds. The Morgan fingerprint density at radius 2 is 2.25 bits per heavy atom. The smallest absolute Gasteiger partial charge is 0.352 e. The van der Waals surface area contributed by atoms with Gasteiger partial charge in [0, 0.05) is 25.2 Å². The van der Waals surface area contributed by atoms with E-state index in [1.807, 2.05) is 0 Å². The third kappa shape index (κ3) is 2.62. The largest absolute Gasteiger partial charge is 0.477 e. The number of carbonyl (C=O) groups is 2. The summed E-state index contributed by atoms with van der Waals surface area (Å²) in [6, 6.07) is 3.56. The lowest BCUT2D eigenvalue weighted by atomic mass is 10.3. The number of nitrogens with zero attached hydrogens (tertiary/aromatic N) is 1. The highest BCUT2D eigenvalue weighted by molar-refractivity contribution is 5.85. The molecule has 2 N–H and O–H groups in total. The maximum absolute atomic E-state index is 11.4. The number of aromatic carboxylic acids is 1. The number of amides is 1. The predicted octanol–water partition coefficient (Wildman–Crippen LogP) is 0.855. The van der Waals surface area contributed by atoms with E-state index in [-0.39, 0.29) is 11.6 Å². The lowest BCUT2D eigenvalue weighted by molar-refractivity contribution is -0.121. The van der Waals surface area contributed by atoms with Gasteiger partial charge in [0.15, 0.2) is 0 Å². The monoisotopic (exact) mass is 222 g/mol. The highest BCUT2D eigenvalue weighted by Gasteiger charge is 2.23. The lowest BCUT2D eigenvalue weighted by Crippen LogP contribution is -2.26. The molecule has 2 rings (SSSR count). The van der Waals surface area contributed by atoms with Crippen LogP contribution >= 0.6 is 0 Å². The molecule has 1 heterocycles. The number of rotatable bonds is 5. The van der Waals surface area contributed by atoms with Crippen molar-refractivity contribution in [1.82, 2.24) is 9.88 Å². The molecule has 0 aromatic carbocycles. The average molecular weight is 222 g/mol. The van der Waals surface area contributed by atoms with Gasteiger partial charge in [-0.1, -0.05) is 0 Å². The average Bonchev–Trinajstić information content (AvgIpc) is 2.91. The van der Waals surface area contributed by atoms with Crippen LogP contribution in [0.2, 0.25) is 0 Å².